The van der Waals surface area contributed by atoms with Crippen LogP contribution < -0.4 is 5.32 Å². The molecule has 0 amide bonds. The van der Waals surface area contributed by atoms with Crippen molar-refractivity contribution in [1.82, 2.24) is 10.3 Å². The van der Waals surface area contributed by atoms with E-state index in [2.05, 4.69) is 10.3 Å². The SMILES string of the molecule is OC(CNCc1ccc2cnccc2c1)C(F)F. The number of nitrogens with one attached hydrogen (secondary N) is 1. The molecule has 5 heteroatoms. The summed E-state index contributed by atoms with van der Waals surface area (Å²) in [6.07, 6.45) is -0.845. The van der Waals surface area contributed by atoms with Gasteiger partial charge in [0.05, 0.1) is 0 Å². The van der Waals surface area contributed by atoms with Crippen molar-refractivity contribution in [3.8, 4) is 0 Å². The van der Waals surface area contributed by atoms with E-state index in [4.69, 9.17) is 5.11 Å². The Hall–Kier alpha value is -1.59. The minimum Gasteiger partial charge on any atom is -0.386 e. The van der Waals surface area contributed by atoms with Gasteiger partial charge in [0, 0.05) is 30.9 Å². The van der Waals surface area contributed by atoms with Gasteiger partial charge in [-0.2, -0.15) is 0 Å². The van der Waals surface area contributed by atoms with Crippen LogP contribution in [0.5, 0.6) is 0 Å². The van der Waals surface area contributed by atoms with Crippen molar-refractivity contribution < 1.29 is 13.9 Å². The fraction of sp³-hybridized carbons (Fsp3) is 0.308. The first-order valence-electron chi connectivity index (χ1n) is 5.66. The molecule has 18 heavy (non-hydrogen) atoms. The van der Waals surface area contributed by atoms with Gasteiger partial charge in [-0.1, -0.05) is 12.1 Å². The highest BCUT2D eigenvalue weighted by atomic mass is 19.3. The van der Waals surface area contributed by atoms with E-state index in [1.165, 1.54) is 0 Å². The number of alkyl halides is 2. The third-order valence-corrected chi connectivity index (χ3v) is 2.68. The lowest BCUT2D eigenvalue weighted by atomic mass is 10.1. The maximum absolute atomic E-state index is 12.1. The number of rotatable bonds is 5. The average Bonchev–Trinajstić information content (AvgIpc) is 2.38. The lowest BCUT2D eigenvalue weighted by Crippen LogP contribution is -2.31. The third kappa shape index (κ3) is 3.21. The summed E-state index contributed by atoms with van der Waals surface area (Å²) < 4.78 is 24.1. The molecule has 3 nitrogen and oxygen atoms in total. The highest BCUT2D eigenvalue weighted by Crippen LogP contribution is 2.14. The average molecular weight is 252 g/mol. The molecule has 0 bridgehead atoms. The molecule has 0 aliphatic rings. The number of hydrogen-bond acceptors (Lipinski definition) is 3. The van der Waals surface area contributed by atoms with Gasteiger partial charge in [-0.3, -0.25) is 4.98 Å². The maximum atomic E-state index is 12.1. The molecule has 1 heterocycles. The lowest BCUT2D eigenvalue weighted by molar-refractivity contribution is -0.00340. The summed E-state index contributed by atoms with van der Waals surface area (Å²) in [5.74, 6) is 0. The van der Waals surface area contributed by atoms with Crippen molar-refractivity contribution in [2.24, 2.45) is 0 Å². The van der Waals surface area contributed by atoms with Gasteiger partial charge >= 0.3 is 0 Å². The maximum Gasteiger partial charge on any atom is 0.265 e. The number of aliphatic hydroxyl groups is 1. The van der Waals surface area contributed by atoms with E-state index in [1.807, 2.05) is 24.3 Å². The minimum atomic E-state index is -2.71. The molecule has 2 N–H and O–H groups in total. The van der Waals surface area contributed by atoms with Crippen molar-refractivity contribution >= 4 is 10.8 Å². The summed E-state index contributed by atoms with van der Waals surface area (Å²) in [6, 6.07) is 7.71. The Morgan fingerprint density at radius 1 is 1.22 bits per heavy atom. The predicted molar refractivity (Wildman–Crippen MR) is 65.5 cm³/mol. The van der Waals surface area contributed by atoms with E-state index in [-0.39, 0.29) is 6.54 Å². The van der Waals surface area contributed by atoms with Gasteiger partial charge in [-0.25, -0.2) is 8.78 Å². The first-order chi connectivity index (χ1) is 8.66. The molecule has 0 aliphatic carbocycles. The summed E-state index contributed by atoms with van der Waals surface area (Å²) in [7, 11) is 0. The van der Waals surface area contributed by atoms with Crippen molar-refractivity contribution in [3.63, 3.8) is 0 Å². The molecular weight excluding hydrogens is 238 g/mol. The Morgan fingerprint density at radius 3 is 2.83 bits per heavy atom. The normalized spacial score (nSPS) is 13.1. The quantitative estimate of drug-likeness (QED) is 0.855. The highest BCUT2D eigenvalue weighted by molar-refractivity contribution is 5.81. The number of halogens is 2. The molecule has 0 radical (unpaired) electrons. The van der Waals surface area contributed by atoms with Crippen LogP contribution in [0.1, 0.15) is 5.56 Å². The first kappa shape index (κ1) is 12.9. The standard InChI is InChI=1S/C13H14F2N2O/c14-13(15)12(18)8-17-6-9-1-2-11-7-16-4-3-10(11)5-9/h1-5,7,12-13,17-18H,6,8H2. The van der Waals surface area contributed by atoms with Crippen molar-refractivity contribution in [1.29, 1.82) is 0 Å². The van der Waals surface area contributed by atoms with E-state index in [0.717, 1.165) is 16.3 Å². The number of aromatic nitrogens is 1. The summed E-state index contributed by atoms with van der Waals surface area (Å²) in [6.45, 7) is 0.327. The highest BCUT2D eigenvalue weighted by Gasteiger charge is 2.15. The summed E-state index contributed by atoms with van der Waals surface area (Å²) in [4.78, 5) is 4.02. The molecule has 0 saturated carbocycles. The van der Waals surface area contributed by atoms with Gasteiger partial charge in [0.2, 0.25) is 0 Å². The van der Waals surface area contributed by atoms with Gasteiger partial charge in [0.15, 0.2) is 0 Å². The van der Waals surface area contributed by atoms with Crippen LogP contribution in [0.2, 0.25) is 0 Å². The predicted octanol–water partition coefficient (Wildman–Crippen LogP) is 1.95. The fourth-order valence-corrected chi connectivity index (χ4v) is 1.70. The molecule has 0 fully saturated rings. The second kappa shape index (κ2) is 5.84. The van der Waals surface area contributed by atoms with Crippen molar-refractivity contribution in [2.45, 2.75) is 19.1 Å². The Kier molecular flexibility index (Phi) is 4.17. The number of hydrogen-bond donors (Lipinski definition) is 2. The van der Waals surface area contributed by atoms with E-state index in [0.29, 0.717) is 6.54 Å². The minimum absolute atomic E-state index is 0.119. The number of pyridine rings is 1. The van der Waals surface area contributed by atoms with Crippen molar-refractivity contribution in [2.75, 3.05) is 6.54 Å². The first-order valence-corrected chi connectivity index (χ1v) is 5.66. The Morgan fingerprint density at radius 2 is 2.06 bits per heavy atom. The molecule has 2 rings (SSSR count). The largest absolute Gasteiger partial charge is 0.386 e. The summed E-state index contributed by atoms with van der Waals surface area (Å²) in [5.41, 5.74) is 0.982. The molecule has 0 aliphatic heterocycles. The van der Waals surface area contributed by atoms with E-state index in [1.54, 1.807) is 12.4 Å². The number of benzene rings is 1. The fourth-order valence-electron chi connectivity index (χ4n) is 1.70. The van der Waals surface area contributed by atoms with Crippen LogP contribution in [0.25, 0.3) is 10.8 Å². The van der Waals surface area contributed by atoms with Crippen LogP contribution in [0, 0.1) is 0 Å². The monoisotopic (exact) mass is 252 g/mol. The topological polar surface area (TPSA) is 45.1 Å². The van der Waals surface area contributed by atoms with Crippen LogP contribution in [0.4, 0.5) is 8.78 Å². The smallest absolute Gasteiger partial charge is 0.265 e. The second-order valence-corrected chi connectivity index (χ2v) is 4.09. The van der Waals surface area contributed by atoms with Crippen molar-refractivity contribution in [3.05, 3.63) is 42.2 Å². The van der Waals surface area contributed by atoms with Gasteiger partial charge in [-0.05, 0) is 23.1 Å². The Balaban J connectivity index is 1.96. The zero-order valence-electron chi connectivity index (χ0n) is 9.68. The number of fused-ring (bicyclic) bond motifs is 1. The van der Waals surface area contributed by atoms with Crippen LogP contribution in [0.15, 0.2) is 36.7 Å². The lowest BCUT2D eigenvalue weighted by Gasteiger charge is -2.10. The molecule has 2 aromatic rings. The van der Waals surface area contributed by atoms with Gasteiger partial charge < -0.3 is 10.4 Å². The molecule has 96 valence electrons. The van der Waals surface area contributed by atoms with Crippen LogP contribution in [-0.4, -0.2) is 29.2 Å². The molecule has 0 saturated heterocycles. The Labute approximate surface area is 103 Å². The Bertz CT molecular complexity index is 519. The van der Waals surface area contributed by atoms with Gasteiger partial charge in [0.25, 0.3) is 6.43 Å². The van der Waals surface area contributed by atoms with Gasteiger partial charge in [-0.15, -0.1) is 0 Å². The third-order valence-electron chi connectivity index (χ3n) is 2.68. The van der Waals surface area contributed by atoms with Crippen LogP contribution in [-0.2, 0) is 6.54 Å². The van der Waals surface area contributed by atoms with Crippen LogP contribution >= 0.6 is 0 Å². The molecule has 1 aromatic heterocycles. The summed E-state index contributed by atoms with van der Waals surface area (Å²) >= 11 is 0. The number of aliphatic hydroxyl groups excluding tert-OH is 1. The number of nitrogens with zero attached hydrogens (tertiary/aromatic N) is 1. The zero-order valence-corrected chi connectivity index (χ0v) is 9.68. The second-order valence-electron chi connectivity index (χ2n) is 4.09. The summed E-state index contributed by atoms with van der Waals surface area (Å²) in [5, 5.41) is 13.8. The van der Waals surface area contributed by atoms with E-state index in [9.17, 15) is 8.78 Å². The van der Waals surface area contributed by atoms with Crippen LogP contribution in [0.3, 0.4) is 0 Å². The molecular formula is C13H14F2N2O. The molecule has 1 unspecified atom stereocenters. The van der Waals surface area contributed by atoms with E-state index >= 15 is 0 Å². The van der Waals surface area contributed by atoms with Gasteiger partial charge in [0.1, 0.15) is 6.10 Å². The molecule has 1 atom stereocenters. The zero-order chi connectivity index (χ0) is 13.0. The molecule has 1 aromatic carbocycles. The van der Waals surface area contributed by atoms with E-state index < -0.39 is 12.5 Å². The molecule has 0 spiro atoms.